The van der Waals surface area contributed by atoms with Crippen molar-refractivity contribution in [3.8, 4) is 126 Å². The first-order valence-electron chi connectivity index (χ1n) is 47.2. The van der Waals surface area contributed by atoms with Crippen LogP contribution in [0.25, 0.3) is 134 Å². The van der Waals surface area contributed by atoms with Gasteiger partial charge in [0.25, 0.3) is 0 Å². The second-order valence-corrected chi connectivity index (χ2v) is 44.7. The number of hydrogen-bond acceptors (Lipinski definition) is 27. The van der Waals surface area contributed by atoms with Gasteiger partial charge in [0.05, 0.1) is 145 Å². The maximum Gasteiger partial charge on any atom is 0.496 e. The lowest BCUT2D eigenvalue weighted by atomic mass is 9.80. The van der Waals surface area contributed by atoms with Crippen LogP contribution in [0, 0.1) is 150 Å². The Balaban J connectivity index is 0.000000130. The normalized spacial score (nSPS) is 12.2. The minimum absolute atomic E-state index is 0.368. The predicted octanol–water partition coefficient (Wildman–Crippen LogP) is 25.0. The summed E-state index contributed by atoms with van der Waals surface area (Å²) >= 11 is 9.01. The summed E-state index contributed by atoms with van der Waals surface area (Å²) in [6.45, 7) is 50.9. The SMILES string of the molecule is C#Cc1c(C)noc1C.CCn1nc(-c2cccnc2)cc1-c1cnc2[nH]c(-c3c(C)noc3C)cc2c1.CCn1nc(-c2cccnc2)cc1-c1cnc2[nH]c(-c3c(C)noc3C)cc2c1.Cc1noc(C)c1-c1cc2cc(B3OC(C)(C)C(C)(C)O3)cnc2[nH]1.Cc1noc(C)c1-c1cc2cc(Br)cnc2[nH]1.Cc1noc(C)c1C#C[Si](C)(C)C.Cc1noc(C)c1C#Cc1cc(Br)ccc1N.Cc1noc(C)c1I. The van der Waals surface area contributed by atoms with E-state index in [0.29, 0.717) is 5.69 Å². The number of nitrogen functional groups attached to an aromatic ring is 1. The smallest absolute Gasteiger partial charge is 0.399 e. The van der Waals surface area contributed by atoms with E-state index in [-0.39, 0.29) is 11.2 Å². The van der Waals surface area contributed by atoms with Gasteiger partial charge in [-0.05, 0) is 294 Å². The second kappa shape index (κ2) is 45.2. The first-order valence-corrected chi connectivity index (χ1v) is 53.3. The minimum Gasteiger partial charge on any atom is -0.399 e. The number of benzene rings is 1. The van der Waals surface area contributed by atoms with Crippen molar-refractivity contribution in [3.05, 3.63) is 279 Å². The molecule has 22 rings (SSSR count). The molecular formula is C109H111BBr2IN23O10Si. The molecule has 1 saturated heterocycles. The molecule has 0 radical (unpaired) electrons. The molecule has 1 aliphatic heterocycles. The first kappa shape index (κ1) is 106. The van der Waals surface area contributed by atoms with Gasteiger partial charge in [-0.2, -0.15) is 10.2 Å². The highest BCUT2D eigenvalue weighted by Crippen LogP contribution is 2.40. The van der Waals surface area contributed by atoms with Gasteiger partial charge in [-0.3, -0.25) is 19.3 Å². The third-order valence-electron chi connectivity index (χ3n) is 24.4. The van der Waals surface area contributed by atoms with E-state index >= 15 is 0 Å². The zero-order chi connectivity index (χ0) is 105. The van der Waals surface area contributed by atoms with Gasteiger partial charge in [-0.15, -0.1) is 12.0 Å². The van der Waals surface area contributed by atoms with Crippen LogP contribution in [0.3, 0.4) is 0 Å². The molecule has 38 heteroatoms. The van der Waals surface area contributed by atoms with Crippen molar-refractivity contribution in [2.24, 2.45) is 0 Å². The summed E-state index contributed by atoms with van der Waals surface area (Å²) in [5, 5.41) is 44.8. The van der Waals surface area contributed by atoms with E-state index in [4.69, 9.17) is 67.8 Å². The van der Waals surface area contributed by atoms with Gasteiger partial charge in [0, 0.05) is 132 Å². The minimum atomic E-state index is -1.29. The lowest BCUT2D eigenvalue weighted by Gasteiger charge is -2.32. The zero-order valence-corrected chi connectivity index (χ0v) is 92.7. The first-order chi connectivity index (χ1) is 70.0. The van der Waals surface area contributed by atoms with E-state index in [9.17, 15) is 0 Å². The van der Waals surface area contributed by atoms with Crippen molar-refractivity contribution < 1.29 is 45.5 Å². The Hall–Kier alpha value is -15.2. The maximum absolute atomic E-state index is 6.12. The van der Waals surface area contributed by atoms with Crippen LogP contribution in [0.5, 0.6) is 0 Å². The highest BCUT2D eigenvalue weighted by Gasteiger charge is 2.52. The molecule has 0 aliphatic carbocycles. The van der Waals surface area contributed by atoms with Crippen molar-refractivity contribution in [3.63, 3.8) is 0 Å². The average molecular weight is 2230 g/mol. The van der Waals surface area contributed by atoms with Gasteiger partial charge in [-0.25, -0.2) is 19.9 Å². The van der Waals surface area contributed by atoms with Crippen molar-refractivity contribution in [1.82, 2.24) is 111 Å². The number of halogens is 3. The van der Waals surface area contributed by atoms with Crippen molar-refractivity contribution in [2.45, 2.75) is 196 Å². The van der Waals surface area contributed by atoms with E-state index in [2.05, 4.69) is 263 Å². The van der Waals surface area contributed by atoms with Gasteiger partial charge in [0.2, 0.25) is 0 Å². The molecule has 21 aromatic rings. The molecule has 147 heavy (non-hydrogen) atoms. The number of nitrogens with two attached hydrogens (primary N) is 1. The second-order valence-electron chi connectivity index (χ2n) is 37.0. The highest BCUT2D eigenvalue weighted by atomic mass is 127. The van der Waals surface area contributed by atoms with Crippen molar-refractivity contribution in [2.75, 3.05) is 5.73 Å². The van der Waals surface area contributed by atoms with Gasteiger partial charge in [0.15, 0.2) is 0 Å². The van der Waals surface area contributed by atoms with Crippen LogP contribution in [-0.4, -0.2) is 137 Å². The number of nitrogens with one attached hydrogen (secondary N) is 4. The molecule has 0 bridgehead atoms. The number of terminal acetylenes is 1. The van der Waals surface area contributed by atoms with Crippen LogP contribution >= 0.6 is 54.5 Å². The summed E-state index contributed by atoms with van der Waals surface area (Å²) in [4.78, 5) is 39.9. The molecule has 0 amide bonds. The fourth-order valence-corrected chi connectivity index (χ4v) is 17.4. The number of pyridine rings is 6. The Morgan fingerprint density at radius 3 is 1.11 bits per heavy atom. The van der Waals surface area contributed by atoms with Crippen LogP contribution in [0.1, 0.15) is 155 Å². The number of nitrogens with zero attached hydrogens (tertiary/aromatic N) is 18. The molecule has 0 unspecified atom stereocenters. The van der Waals surface area contributed by atoms with Crippen LogP contribution < -0.4 is 11.2 Å². The lowest BCUT2D eigenvalue weighted by molar-refractivity contribution is 0.00578. The van der Waals surface area contributed by atoms with Gasteiger partial charge in [0.1, 0.15) is 76.7 Å². The summed E-state index contributed by atoms with van der Waals surface area (Å²) in [6, 6.07) is 34.3. The Morgan fingerprint density at radius 1 is 0.401 bits per heavy atom. The molecule has 6 N–H and O–H groups in total. The Labute approximate surface area is 881 Å². The third kappa shape index (κ3) is 24.4. The number of anilines is 1. The fourth-order valence-electron chi connectivity index (χ4n) is 16.0. The number of H-pyrrole nitrogens is 4. The molecule has 33 nitrogen and oxygen atoms in total. The molecule has 0 saturated carbocycles. The third-order valence-corrected chi connectivity index (χ3v) is 27.7. The largest absolute Gasteiger partial charge is 0.496 e. The Bertz CT molecular complexity index is 8110. The van der Waals surface area contributed by atoms with Gasteiger partial charge < -0.3 is 71.2 Å². The topological polar surface area (TPSA) is 429 Å². The van der Waals surface area contributed by atoms with Crippen molar-refractivity contribution >= 4 is 125 Å². The summed E-state index contributed by atoms with van der Waals surface area (Å²) < 4.78 is 60.0. The van der Waals surface area contributed by atoms with Crippen LogP contribution in [0.4, 0.5) is 5.69 Å². The summed E-state index contributed by atoms with van der Waals surface area (Å²) in [5.74, 6) is 18.1. The fraction of sp³-hybridized carbons (Fsp3) is 0.266. The molecule has 0 spiro atoms. The van der Waals surface area contributed by atoms with Crippen LogP contribution in [0.2, 0.25) is 19.6 Å². The summed E-state index contributed by atoms with van der Waals surface area (Å²) in [7, 11) is -1.71. The molecule has 1 fully saturated rings. The average Bonchev–Trinajstić information content (AvgIpc) is 1.61. The lowest BCUT2D eigenvalue weighted by Crippen LogP contribution is -2.41. The standard InChI is InChI=1S/2C22H20N6O.C18H22BN3O3.C13H11BrN2O.C12H10BrN3O.C10H15NOSi.C7H7NO.C5H6INO/c2*1-4-28-20(10-18(26-28)15-6-5-7-23-11-15)17-8-16-9-19(25-22(16)24-12-17)21-13(2)27-29-14(21)3;1-10-15(11(2)23-22-10)14-8-12-7-13(9-20-16(12)21-14)19-24-17(3,4)18(5,6)25-19;1-8-12(9(2)17-16-8)5-3-10-7-11(14)4-6-13(10)15;1-6-11(7(2)17-16-6)10-4-8-3-9(13)5-14-12(8)15-10;1-8-10(9(2)12-11-8)6-7-13(3,4)5;1-4-7-5(2)8-9-6(7)3;1-3-5(6)4(2)8-7-3/h2*5-12H,4H2,1-3H3,(H,24,25);7-9H,1-6H3,(H,20,21);4,6-7H,15H2,1-2H3;3-5H,1-2H3,(H,14,15);1-5H3;1H,2-3H3;1-2H3. The van der Waals surface area contributed by atoms with Crippen LogP contribution in [0.15, 0.2) is 198 Å². The Morgan fingerprint density at radius 2 is 0.769 bits per heavy atom. The summed E-state index contributed by atoms with van der Waals surface area (Å²) in [5.41, 5.74) is 39.3. The number of hydrogen-bond donors (Lipinski definition) is 5. The van der Waals surface area contributed by atoms with Crippen molar-refractivity contribution in [1.29, 1.82) is 0 Å². The van der Waals surface area contributed by atoms with E-state index in [0.717, 1.165) is 279 Å². The van der Waals surface area contributed by atoms with Crippen LogP contribution in [-0.2, 0) is 22.4 Å². The molecule has 750 valence electrons. The predicted molar refractivity (Wildman–Crippen MR) is 587 cm³/mol. The number of fused-ring (bicyclic) bond motifs is 4. The number of aryl methyl sites for hydroxylation is 18. The number of aromatic amines is 4. The Kier molecular flexibility index (Phi) is 32.6. The maximum atomic E-state index is 6.12. The molecule has 1 aliphatic rings. The molecular weight excluding hydrogens is 2120 g/mol. The monoisotopic (exact) mass is 2230 g/mol. The molecule has 20 aromatic heterocycles. The number of aromatic nitrogens is 22. The van der Waals surface area contributed by atoms with Gasteiger partial charge >= 0.3 is 7.12 Å². The molecule has 1 aromatic carbocycles. The number of rotatable bonds is 11. The molecule has 21 heterocycles. The van der Waals surface area contributed by atoms with Gasteiger partial charge in [-0.1, -0.05) is 101 Å². The summed E-state index contributed by atoms with van der Waals surface area (Å²) in [6.07, 6.45) is 19.7. The van der Waals surface area contributed by atoms with E-state index in [1.807, 2.05) is 214 Å². The van der Waals surface area contributed by atoms with E-state index in [1.54, 1.807) is 31.7 Å². The molecule has 0 atom stereocenters. The highest BCUT2D eigenvalue weighted by molar-refractivity contribution is 14.1. The zero-order valence-electron chi connectivity index (χ0n) is 86.3. The quantitative estimate of drug-likeness (QED) is 0.0347. The van der Waals surface area contributed by atoms with E-state index in [1.165, 1.54) is 0 Å². The van der Waals surface area contributed by atoms with E-state index < -0.39 is 15.2 Å².